The molecule has 5 heterocycles. The van der Waals surface area contributed by atoms with Gasteiger partial charge in [0.1, 0.15) is 23.9 Å². The molecule has 1 fully saturated rings. The van der Waals surface area contributed by atoms with E-state index in [1.165, 1.54) is 7.11 Å². The Labute approximate surface area is 313 Å². The van der Waals surface area contributed by atoms with E-state index in [9.17, 15) is 24.4 Å². The zero-order chi connectivity index (χ0) is 36.0. The largest absolute Gasteiger partial charge is 2.00 e. The van der Waals surface area contributed by atoms with Crippen molar-refractivity contribution in [2.45, 2.75) is 53.9 Å². The number of aldehydes is 1. The van der Waals surface area contributed by atoms with Crippen molar-refractivity contribution >= 4 is 76.9 Å². The van der Waals surface area contributed by atoms with E-state index in [-0.39, 0.29) is 75.8 Å². The van der Waals surface area contributed by atoms with E-state index in [1.807, 2.05) is 33.8 Å². The minimum absolute atomic E-state index is 0. The number of hydrogen-bond donors (Lipinski definition) is 1. The molecule has 4 aliphatic rings. The Hall–Kier alpha value is -4.49. The van der Waals surface area contributed by atoms with Gasteiger partial charge in [0.05, 0.1) is 12.7 Å². The number of nitrogens with one attached hydrogen (secondary N) is 1. The second kappa shape index (κ2) is 15.0. The number of quaternary nitrogens is 1. The van der Waals surface area contributed by atoms with E-state index in [2.05, 4.69) is 6.58 Å². The summed E-state index contributed by atoms with van der Waals surface area (Å²) in [6, 6.07) is 0. The fraction of sp³-hybridized carbons (Fsp3) is 0.333. The number of rotatable bonds is 9. The second-order valence-electron chi connectivity index (χ2n) is 12.8. The topological polar surface area (TPSA) is 157 Å². The van der Waals surface area contributed by atoms with Gasteiger partial charge in [0, 0.05) is 17.6 Å². The number of fused-ring (bicyclic) bond motifs is 7. The van der Waals surface area contributed by atoms with Crippen molar-refractivity contribution in [1.29, 1.82) is 0 Å². The standard InChI is InChI=1S/C39H40N4O7.Mg/c1-8-11-14-50-32(45)13-12-24-20(5)27-15-26-19(4)22(9-2)29(40-26)17-31-25(18-44)23(10-3)30(43(31)48)16-28-21(6)33-37(42-28)34(36(24)41-27)35(38(33)46)39(47)49-7;/h8-9,11,15-18,20,24,35,43H,2,10,12-14H2,1,3-7H3,(H-,41,42,44,46);/q-2;+2/p-1/b11-8-,27-15-,31-17-;/t20-,24-,35+;/m0./s1. The molecule has 1 saturated heterocycles. The number of methoxy groups -OCH3 is 1. The number of hydrogen-bond acceptors (Lipinski definition) is 7. The van der Waals surface area contributed by atoms with Crippen LogP contribution in [0.2, 0.25) is 0 Å². The van der Waals surface area contributed by atoms with E-state index in [1.54, 1.807) is 37.3 Å². The zero-order valence-corrected chi connectivity index (χ0v) is 31.1. The maximum Gasteiger partial charge on any atom is 2.00 e. The van der Waals surface area contributed by atoms with Gasteiger partial charge in [-0.3, -0.25) is 19.2 Å². The number of ketones is 1. The van der Waals surface area contributed by atoms with Gasteiger partial charge in [0.25, 0.3) is 0 Å². The van der Waals surface area contributed by atoms with Gasteiger partial charge in [-0.2, -0.15) is 11.4 Å². The number of esters is 2. The first-order chi connectivity index (χ1) is 24.0. The van der Waals surface area contributed by atoms with Gasteiger partial charge < -0.3 is 35.0 Å². The van der Waals surface area contributed by atoms with Crippen LogP contribution in [0, 0.1) is 36.8 Å². The molecule has 1 N–H and O–H groups in total. The minimum atomic E-state index is -1.31. The van der Waals surface area contributed by atoms with Crippen LogP contribution in [-0.4, -0.2) is 60.8 Å². The van der Waals surface area contributed by atoms with Crippen LogP contribution in [0.25, 0.3) is 35.2 Å². The molecule has 1 aliphatic carbocycles. The summed E-state index contributed by atoms with van der Waals surface area (Å²) in [6.45, 7) is 13.5. The van der Waals surface area contributed by atoms with Crippen molar-refractivity contribution in [3.05, 3.63) is 108 Å². The molecule has 0 radical (unpaired) electrons. The molecule has 0 spiro atoms. The Morgan fingerprint density at radius 1 is 1.08 bits per heavy atom. The van der Waals surface area contributed by atoms with Gasteiger partial charge in [-0.15, -0.1) is 22.8 Å². The number of carbonyl (C=O) groups excluding carboxylic acids is 4. The SMILES string of the molecule is C=Cc1c2[n-]c(c1C)/C=C1\[N-]/C(=C3\c4[n-]c(c(C)c4C(=O)[C@@H]3C(=O)OC)/C=C3/C(CC)=C(C=O)/C(=C/2)[NH+]3[O-])[C@@H](CCC(=O)OC/C=C\C)[C@@H]1C.[Mg+2]. The number of nitrogens with zero attached hydrogens (tertiary/aromatic N) is 3. The van der Waals surface area contributed by atoms with Crippen LogP contribution in [0.4, 0.5) is 0 Å². The van der Waals surface area contributed by atoms with Crippen LogP contribution in [0.1, 0.15) is 89.9 Å². The molecule has 8 bridgehead atoms. The van der Waals surface area contributed by atoms with E-state index in [0.717, 1.165) is 5.56 Å². The monoisotopic (exact) mass is 699 g/mol. The average molecular weight is 700 g/mol. The third kappa shape index (κ3) is 6.24. The number of ether oxygens (including phenoxy) is 2. The Balaban J connectivity index is 0.00000504. The number of aromatic nitrogens is 2. The van der Waals surface area contributed by atoms with Crippen molar-refractivity contribution in [3.8, 4) is 0 Å². The first-order valence-electron chi connectivity index (χ1n) is 16.7. The molecule has 1 unspecified atom stereocenters. The number of Topliss-reactive ketones (excluding diaryl/α,β-unsaturated/α-hetero) is 1. The van der Waals surface area contributed by atoms with Crippen molar-refractivity contribution < 1.29 is 33.7 Å². The summed E-state index contributed by atoms with van der Waals surface area (Å²) in [4.78, 5) is 62.5. The molecule has 260 valence electrons. The first kappa shape index (κ1) is 37.8. The van der Waals surface area contributed by atoms with Gasteiger partial charge >= 0.3 is 35.0 Å². The Morgan fingerprint density at radius 3 is 2.43 bits per heavy atom. The van der Waals surface area contributed by atoms with Gasteiger partial charge in [-0.25, -0.2) is 0 Å². The van der Waals surface area contributed by atoms with E-state index >= 15 is 0 Å². The summed E-state index contributed by atoms with van der Waals surface area (Å²) in [6.07, 6.45) is 11.8. The summed E-state index contributed by atoms with van der Waals surface area (Å²) in [5, 5.41) is 18.8. The molecule has 12 heteroatoms. The summed E-state index contributed by atoms with van der Waals surface area (Å²) in [7, 11) is 1.23. The molecular formula is C39H39MgN4O7-. The van der Waals surface area contributed by atoms with Crippen molar-refractivity contribution in [1.82, 2.24) is 9.97 Å². The third-order valence-corrected chi connectivity index (χ3v) is 10.2. The van der Waals surface area contributed by atoms with Crippen LogP contribution < -0.4 is 15.0 Å². The van der Waals surface area contributed by atoms with Crippen molar-refractivity contribution in [3.63, 3.8) is 0 Å². The van der Waals surface area contributed by atoms with Gasteiger partial charge in [-0.05, 0) is 63.2 Å². The third-order valence-electron chi connectivity index (χ3n) is 10.2. The molecule has 3 aliphatic heterocycles. The summed E-state index contributed by atoms with van der Waals surface area (Å²) in [5.41, 5.74) is 6.82. The summed E-state index contributed by atoms with van der Waals surface area (Å²) in [5.74, 6) is -3.54. The van der Waals surface area contributed by atoms with Crippen LogP contribution in [0.15, 0.2) is 52.7 Å². The quantitative estimate of drug-likeness (QED) is 0.0974. The Bertz CT molecular complexity index is 2040. The normalized spacial score (nSPS) is 26.5. The van der Waals surface area contributed by atoms with Gasteiger partial charge in [0.2, 0.25) is 0 Å². The molecule has 0 saturated carbocycles. The molecule has 11 nitrogen and oxygen atoms in total. The maximum absolute atomic E-state index is 14.1. The van der Waals surface area contributed by atoms with E-state index < -0.39 is 17.7 Å². The second-order valence-corrected chi connectivity index (χ2v) is 12.8. The number of allylic oxidation sites excluding steroid dienone is 5. The number of carbonyl (C=O) groups is 4. The van der Waals surface area contributed by atoms with Gasteiger partial charge in [0.15, 0.2) is 12.1 Å². The first-order valence-corrected chi connectivity index (χ1v) is 16.7. The summed E-state index contributed by atoms with van der Waals surface area (Å²) >= 11 is 0. The molecule has 2 aromatic rings. The minimum Gasteiger partial charge on any atom is -0.664 e. The fourth-order valence-electron chi connectivity index (χ4n) is 7.44. The molecule has 0 amide bonds. The molecule has 0 aromatic carbocycles. The van der Waals surface area contributed by atoms with Crippen LogP contribution in [-0.2, 0) is 23.9 Å². The molecular weight excluding hydrogens is 661 g/mol. The Morgan fingerprint density at radius 2 is 1.78 bits per heavy atom. The summed E-state index contributed by atoms with van der Waals surface area (Å²) < 4.78 is 10.5. The molecule has 51 heavy (non-hydrogen) atoms. The van der Waals surface area contributed by atoms with E-state index in [4.69, 9.17) is 24.8 Å². The zero-order valence-electron chi connectivity index (χ0n) is 29.7. The Kier molecular flexibility index (Phi) is 11.1. The van der Waals surface area contributed by atoms with Crippen LogP contribution >= 0.6 is 0 Å². The molecule has 6 rings (SSSR count). The molecule has 4 atom stereocenters. The average Bonchev–Trinajstić information content (AvgIpc) is 3.83. The predicted octanol–water partition coefficient (Wildman–Crippen LogP) is 4.75. The van der Waals surface area contributed by atoms with E-state index in [0.29, 0.717) is 81.3 Å². The van der Waals surface area contributed by atoms with Gasteiger partial charge in [-0.1, -0.05) is 61.4 Å². The molecule has 2 aromatic heterocycles. The predicted molar refractivity (Wildman–Crippen MR) is 194 cm³/mol. The van der Waals surface area contributed by atoms with Crippen LogP contribution in [0.3, 0.4) is 0 Å². The van der Waals surface area contributed by atoms with Crippen LogP contribution in [0.5, 0.6) is 0 Å². The van der Waals surface area contributed by atoms with Crippen molar-refractivity contribution in [2.75, 3.05) is 13.7 Å². The maximum atomic E-state index is 14.1. The fourth-order valence-corrected chi connectivity index (χ4v) is 7.44. The smallest absolute Gasteiger partial charge is 0.664 e. The number of hydroxylamine groups is 2. The van der Waals surface area contributed by atoms with Crippen molar-refractivity contribution in [2.24, 2.45) is 17.8 Å².